The zero-order valence-electron chi connectivity index (χ0n) is 11.5. The van der Waals surface area contributed by atoms with Gasteiger partial charge in [-0.25, -0.2) is 21.6 Å². The van der Waals surface area contributed by atoms with Crippen molar-refractivity contribution in [3.63, 3.8) is 0 Å². The van der Waals surface area contributed by atoms with Gasteiger partial charge < -0.3 is 5.73 Å². The molecule has 0 radical (unpaired) electrons. The number of hydrogen-bond acceptors (Lipinski definition) is 3. The van der Waals surface area contributed by atoms with Crippen LogP contribution in [0.5, 0.6) is 0 Å². The fourth-order valence-corrected chi connectivity index (χ4v) is 4.42. The monoisotopic (exact) mass is 322 g/mol. The number of hydrogen-bond donors (Lipinski definition) is 1. The molecular weight excluding hydrogens is 305 g/mol. The Morgan fingerprint density at radius 1 is 1.24 bits per heavy atom. The van der Waals surface area contributed by atoms with E-state index < -0.39 is 44.5 Å². The molecule has 1 aromatic carbocycles. The van der Waals surface area contributed by atoms with Crippen LogP contribution >= 0.6 is 0 Å². The van der Waals surface area contributed by atoms with Crippen LogP contribution in [-0.4, -0.2) is 31.4 Å². The number of nitrogens with two attached hydrogens (primary N) is 1. The van der Waals surface area contributed by atoms with Crippen LogP contribution in [0, 0.1) is 17.5 Å². The smallest absolute Gasteiger partial charge is 0.246 e. The number of halogens is 3. The van der Waals surface area contributed by atoms with Gasteiger partial charge in [-0.1, -0.05) is 6.42 Å². The van der Waals surface area contributed by atoms with Crippen molar-refractivity contribution in [1.29, 1.82) is 0 Å². The number of piperidine rings is 1. The third-order valence-electron chi connectivity index (χ3n) is 3.69. The molecule has 2 atom stereocenters. The number of rotatable bonds is 3. The van der Waals surface area contributed by atoms with Crippen LogP contribution in [0.2, 0.25) is 0 Å². The first-order valence-electron chi connectivity index (χ1n) is 6.67. The highest BCUT2D eigenvalue weighted by atomic mass is 32.2. The molecule has 1 fully saturated rings. The molecule has 118 valence electrons. The summed E-state index contributed by atoms with van der Waals surface area (Å²) >= 11 is 0. The third-order valence-corrected chi connectivity index (χ3v) is 5.63. The molecule has 0 unspecified atom stereocenters. The molecule has 0 spiro atoms. The molecule has 0 aliphatic carbocycles. The average Bonchev–Trinajstić information content (AvgIpc) is 2.44. The van der Waals surface area contributed by atoms with Gasteiger partial charge in [0.2, 0.25) is 10.0 Å². The molecule has 1 saturated heterocycles. The summed E-state index contributed by atoms with van der Waals surface area (Å²) in [7, 11) is -4.25. The van der Waals surface area contributed by atoms with Gasteiger partial charge in [0.05, 0.1) is 0 Å². The first kappa shape index (κ1) is 16.3. The Labute approximate surface area is 121 Å². The van der Waals surface area contributed by atoms with Crippen molar-refractivity contribution < 1.29 is 21.6 Å². The van der Waals surface area contributed by atoms with Gasteiger partial charge in [0, 0.05) is 18.6 Å². The van der Waals surface area contributed by atoms with Crippen molar-refractivity contribution in [2.24, 2.45) is 5.73 Å². The molecule has 21 heavy (non-hydrogen) atoms. The Bertz CT molecular complexity index is 635. The lowest BCUT2D eigenvalue weighted by molar-refractivity contribution is 0.226. The van der Waals surface area contributed by atoms with E-state index in [1.54, 1.807) is 6.92 Å². The summed E-state index contributed by atoms with van der Waals surface area (Å²) in [5, 5.41) is 0. The van der Waals surface area contributed by atoms with E-state index in [2.05, 4.69) is 0 Å². The molecule has 0 aromatic heterocycles. The van der Waals surface area contributed by atoms with Crippen LogP contribution < -0.4 is 5.73 Å². The minimum atomic E-state index is -4.25. The summed E-state index contributed by atoms with van der Waals surface area (Å²) in [6.45, 7) is 1.85. The summed E-state index contributed by atoms with van der Waals surface area (Å²) in [4.78, 5) is -0.853. The maximum Gasteiger partial charge on any atom is 0.246 e. The number of nitrogens with zero attached hydrogens (tertiary/aromatic N) is 1. The van der Waals surface area contributed by atoms with Crippen molar-refractivity contribution in [1.82, 2.24) is 4.31 Å². The minimum Gasteiger partial charge on any atom is -0.326 e. The van der Waals surface area contributed by atoms with E-state index >= 15 is 0 Å². The zero-order chi connectivity index (χ0) is 15.8. The van der Waals surface area contributed by atoms with Gasteiger partial charge >= 0.3 is 0 Å². The van der Waals surface area contributed by atoms with E-state index in [0.29, 0.717) is 18.9 Å². The molecule has 0 saturated carbocycles. The Balaban J connectivity index is 2.48. The highest BCUT2D eigenvalue weighted by Crippen LogP contribution is 2.29. The SMILES string of the molecule is C[C@H](N)[C@H]1CCCCN1S(=O)(=O)c1ccc(F)c(F)c1F. The van der Waals surface area contributed by atoms with Gasteiger partial charge in [-0.2, -0.15) is 4.31 Å². The minimum absolute atomic E-state index is 0.187. The second-order valence-corrected chi connectivity index (χ2v) is 7.07. The highest BCUT2D eigenvalue weighted by Gasteiger charge is 2.37. The lowest BCUT2D eigenvalue weighted by Crippen LogP contribution is -2.51. The van der Waals surface area contributed by atoms with Gasteiger partial charge in [0.1, 0.15) is 4.90 Å². The normalized spacial score (nSPS) is 22.2. The maximum atomic E-state index is 13.8. The van der Waals surface area contributed by atoms with E-state index in [1.807, 2.05) is 0 Å². The van der Waals surface area contributed by atoms with Gasteiger partial charge in [0.15, 0.2) is 17.5 Å². The number of sulfonamides is 1. The summed E-state index contributed by atoms with van der Waals surface area (Å²) in [6, 6.07) is 0.441. The van der Waals surface area contributed by atoms with Crippen LogP contribution in [0.1, 0.15) is 26.2 Å². The van der Waals surface area contributed by atoms with E-state index in [4.69, 9.17) is 5.73 Å². The molecule has 0 amide bonds. The molecule has 2 rings (SSSR count). The topological polar surface area (TPSA) is 63.4 Å². The molecule has 1 aliphatic rings. The lowest BCUT2D eigenvalue weighted by atomic mass is 10.00. The van der Waals surface area contributed by atoms with Crippen molar-refractivity contribution in [3.05, 3.63) is 29.6 Å². The van der Waals surface area contributed by atoms with Gasteiger partial charge in [-0.05, 0) is 31.9 Å². The van der Waals surface area contributed by atoms with E-state index in [1.165, 1.54) is 0 Å². The van der Waals surface area contributed by atoms with E-state index in [0.717, 1.165) is 16.8 Å². The summed E-state index contributed by atoms with van der Waals surface area (Å²) < 4.78 is 66.2. The Morgan fingerprint density at radius 3 is 2.52 bits per heavy atom. The Morgan fingerprint density at radius 2 is 1.90 bits per heavy atom. The highest BCUT2D eigenvalue weighted by molar-refractivity contribution is 7.89. The Hall–Kier alpha value is -1.12. The fourth-order valence-electron chi connectivity index (χ4n) is 2.59. The largest absolute Gasteiger partial charge is 0.326 e. The van der Waals surface area contributed by atoms with Crippen LogP contribution in [0.4, 0.5) is 13.2 Å². The average molecular weight is 322 g/mol. The zero-order valence-corrected chi connectivity index (χ0v) is 12.3. The molecule has 4 nitrogen and oxygen atoms in total. The van der Waals surface area contributed by atoms with E-state index in [-0.39, 0.29) is 6.54 Å². The van der Waals surface area contributed by atoms with Crippen molar-refractivity contribution >= 4 is 10.0 Å². The van der Waals surface area contributed by atoms with Crippen LogP contribution in [0.15, 0.2) is 17.0 Å². The first-order chi connectivity index (χ1) is 9.76. The predicted molar refractivity (Wildman–Crippen MR) is 71.5 cm³/mol. The fraction of sp³-hybridized carbons (Fsp3) is 0.538. The van der Waals surface area contributed by atoms with Crippen molar-refractivity contribution in [3.8, 4) is 0 Å². The second kappa shape index (κ2) is 5.94. The number of benzene rings is 1. The molecule has 1 aromatic rings. The quantitative estimate of drug-likeness (QED) is 0.866. The lowest BCUT2D eigenvalue weighted by Gasteiger charge is -2.36. The van der Waals surface area contributed by atoms with Crippen LogP contribution in [0.25, 0.3) is 0 Å². The Kier molecular flexibility index (Phi) is 4.60. The van der Waals surface area contributed by atoms with Crippen LogP contribution in [-0.2, 0) is 10.0 Å². The summed E-state index contributed by atoms with van der Waals surface area (Å²) in [5.41, 5.74) is 5.79. The van der Waals surface area contributed by atoms with Gasteiger partial charge in [-0.3, -0.25) is 0 Å². The third kappa shape index (κ3) is 2.93. The summed E-state index contributed by atoms with van der Waals surface area (Å²) in [6.07, 6.45) is 1.99. The van der Waals surface area contributed by atoms with Crippen LogP contribution in [0.3, 0.4) is 0 Å². The maximum absolute atomic E-state index is 13.8. The van der Waals surface area contributed by atoms with Crippen molar-refractivity contribution in [2.75, 3.05) is 6.54 Å². The van der Waals surface area contributed by atoms with E-state index in [9.17, 15) is 21.6 Å². The molecule has 1 heterocycles. The molecule has 2 N–H and O–H groups in total. The molecule has 8 heteroatoms. The summed E-state index contributed by atoms with van der Waals surface area (Å²) in [5.74, 6) is -4.90. The molecule has 1 aliphatic heterocycles. The molecular formula is C13H17F3N2O2S. The van der Waals surface area contributed by atoms with Gasteiger partial charge in [0.25, 0.3) is 0 Å². The second-order valence-electron chi connectivity index (χ2n) is 5.21. The first-order valence-corrected chi connectivity index (χ1v) is 8.11. The van der Waals surface area contributed by atoms with Gasteiger partial charge in [-0.15, -0.1) is 0 Å². The standard InChI is InChI=1S/C13H17F3N2O2S/c1-8(17)10-4-2-3-7-18(10)21(19,20)11-6-5-9(14)12(15)13(11)16/h5-6,8,10H,2-4,7,17H2,1H3/t8-,10+/m0/s1. The predicted octanol–water partition coefficient (Wildman–Crippen LogP) is 1.99. The molecule has 0 bridgehead atoms. The van der Waals surface area contributed by atoms with Crippen molar-refractivity contribution in [2.45, 2.75) is 43.2 Å².